The van der Waals surface area contributed by atoms with E-state index in [4.69, 9.17) is 19.5 Å². The molecule has 3 N–H and O–H groups in total. The fraction of sp³-hybridized carbons (Fsp3) is 0.235. The van der Waals surface area contributed by atoms with Gasteiger partial charge in [0.25, 0.3) is 0 Å². The molecule has 0 spiro atoms. The molecule has 24 heavy (non-hydrogen) atoms. The third-order valence-electron chi connectivity index (χ3n) is 2.91. The van der Waals surface area contributed by atoms with Crippen LogP contribution in [0, 0.1) is 0 Å². The second kappa shape index (κ2) is 7.38. The minimum atomic E-state index is -1.50. The first-order valence-corrected chi connectivity index (χ1v) is 7.47. The Balaban J connectivity index is 1.95. The summed E-state index contributed by atoms with van der Waals surface area (Å²) in [7, 11) is -1.50. The molecule has 0 saturated heterocycles. The van der Waals surface area contributed by atoms with Gasteiger partial charge in [0.05, 0.1) is 0 Å². The smallest absolute Gasteiger partial charge is 0.457 e. The topological polar surface area (TPSA) is 88.0 Å². The Morgan fingerprint density at radius 2 is 1.46 bits per heavy atom. The zero-order valence-electron chi connectivity index (χ0n) is 13.8. The number of benzene rings is 2. The first-order chi connectivity index (χ1) is 11.2. The van der Waals surface area contributed by atoms with Crippen LogP contribution in [0.15, 0.2) is 48.5 Å². The molecule has 0 aliphatic heterocycles. The monoisotopic (exact) mass is 329 g/mol. The van der Waals surface area contributed by atoms with Gasteiger partial charge < -0.3 is 19.5 Å². The van der Waals surface area contributed by atoms with Gasteiger partial charge in [-0.1, -0.05) is 12.1 Å². The zero-order chi connectivity index (χ0) is 17.7. The summed E-state index contributed by atoms with van der Waals surface area (Å²) in [6, 6.07) is 13.2. The lowest BCUT2D eigenvalue weighted by molar-refractivity contribution is 0.0636. The molecule has 0 radical (unpaired) electrons. The van der Waals surface area contributed by atoms with Crippen molar-refractivity contribution in [3.05, 3.63) is 48.5 Å². The van der Waals surface area contributed by atoms with Gasteiger partial charge in [-0.15, -0.1) is 0 Å². The summed E-state index contributed by atoms with van der Waals surface area (Å²) in [5.41, 5.74) is 0.427. The summed E-state index contributed by atoms with van der Waals surface area (Å²) in [5.74, 6) is 1.15. The van der Waals surface area contributed by atoms with E-state index in [1.807, 2.05) is 0 Å². The molecule has 0 heterocycles. The first-order valence-electron chi connectivity index (χ1n) is 7.47. The molecule has 0 unspecified atom stereocenters. The molecule has 2 aromatic rings. The standard InChI is InChI=1S/C17H20BNO5/c1-17(2,3)24-16(20)19-13-6-10-15(11-7-13)23-14-8-4-12(5-9-14)18(21)22/h4-11,21-22H,1-3H3,(H,19,20). The van der Waals surface area contributed by atoms with Crippen molar-refractivity contribution < 1.29 is 24.3 Å². The Hall–Kier alpha value is -2.51. The molecule has 0 atom stereocenters. The molecule has 2 aromatic carbocycles. The lowest BCUT2D eigenvalue weighted by Gasteiger charge is -2.19. The molecule has 126 valence electrons. The van der Waals surface area contributed by atoms with Crippen LogP contribution in [-0.2, 0) is 4.74 Å². The quantitative estimate of drug-likeness (QED) is 0.750. The molecule has 6 nitrogen and oxygen atoms in total. The fourth-order valence-electron chi connectivity index (χ4n) is 1.87. The molecule has 2 rings (SSSR count). The number of rotatable bonds is 4. The van der Waals surface area contributed by atoms with Crippen LogP contribution < -0.4 is 15.5 Å². The van der Waals surface area contributed by atoms with Gasteiger partial charge in [0.1, 0.15) is 17.1 Å². The number of hydrogen-bond acceptors (Lipinski definition) is 5. The van der Waals surface area contributed by atoms with Gasteiger partial charge in [-0.25, -0.2) is 4.79 Å². The van der Waals surface area contributed by atoms with Crippen molar-refractivity contribution in [3.8, 4) is 11.5 Å². The van der Waals surface area contributed by atoms with Crippen LogP contribution in [0.4, 0.5) is 10.5 Å². The normalized spacial score (nSPS) is 10.9. The van der Waals surface area contributed by atoms with Crippen LogP contribution in [0.3, 0.4) is 0 Å². The lowest BCUT2D eigenvalue weighted by Crippen LogP contribution is -2.29. The highest BCUT2D eigenvalue weighted by Crippen LogP contribution is 2.22. The van der Waals surface area contributed by atoms with E-state index in [1.54, 1.807) is 69.3 Å². The minimum Gasteiger partial charge on any atom is -0.457 e. The molecular formula is C17H20BNO5. The predicted octanol–water partition coefficient (Wildman–Crippen LogP) is 2.51. The van der Waals surface area contributed by atoms with Crippen LogP contribution in [0.1, 0.15) is 20.8 Å². The van der Waals surface area contributed by atoms with Crippen molar-refractivity contribution in [1.29, 1.82) is 0 Å². The summed E-state index contributed by atoms with van der Waals surface area (Å²) in [4.78, 5) is 11.7. The van der Waals surface area contributed by atoms with Crippen molar-refractivity contribution in [3.63, 3.8) is 0 Å². The Morgan fingerprint density at radius 1 is 0.958 bits per heavy atom. The van der Waals surface area contributed by atoms with E-state index in [0.29, 0.717) is 22.6 Å². The number of carbonyl (C=O) groups excluding carboxylic acids is 1. The van der Waals surface area contributed by atoms with Crippen LogP contribution in [-0.4, -0.2) is 28.9 Å². The summed E-state index contributed by atoms with van der Waals surface area (Å²) >= 11 is 0. The number of nitrogens with one attached hydrogen (secondary N) is 1. The third-order valence-corrected chi connectivity index (χ3v) is 2.91. The molecule has 0 bridgehead atoms. The van der Waals surface area contributed by atoms with Gasteiger partial charge in [0, 0.05) is 5.69 Å². The molecule has 7 heteroatoms. The van der Waals surface area contributed by atoms with E-state index in [-0.39, 0.29) is 0 Å². The second-order valence-corrected chi connectivity index (χ2v) is 6.20. The van der Waals surface area contributed by atoms with Gasteiger partial charge in [-0.05, 0) is 62.6 Å². The second-order valence-electron chi connectivity index (χ2n) is 6.20. The molecule has 0 aliphatic rings. The molecule has 1 amide bonds. The zero-order valence-corrected chi connectivity index (χ0v) is 13.8. The van der Waals surface area contributed by atoms with Gasteiger partial charge >= 0.3 is 13.2 Å². The predicted molar refractivity (Wildman–Crippen MR) is 92.6 cm³/mol. The highest BCUT2D eigenvalue weighted by atomic mass is 16.6. The Kier molecular flexibility index (Phi) is 5.48. The molecular weight excluding hydrogens is 309 g/mol. The van der Waals surface area contributed by atoms with Crippen molar-refractivity contribution in [1.82, 2.24) is 0 Å². The third kappa shape index (κ3) is 5.60. The molecule has 0 fully saturated rings. The maximum atomic E-state index is 11.7. The van der Waals surface area contributed by atoms with E-state index in [1.165, 1.54) is 0 Å². The SMILES string of the molecule is CC(C)(C)OC(=O)Nc1ccc(Oc2ccc(B(O)O)cc2)cc1. The lowest BCUT2D eigenvalue weighted by atomic mass is 9.80. The maximum Gasteiger partial charge on any atom is 0.488 e. The van der Waals surface area contributed by atoms with Crippen molar-refractivity contribution in [2.45, 2.75) is 26.4 Å². The molecule has 0 aromatic heterocycles. The maximum absolute atomic E-state index is 11.7. The van der Waals surface area contributed by atoms with E-state index < -0.39 is 18.8 Å². The Morgan fingerprint density at radius 3 is 1.92 bits per heavy atom. The van der Waals surface area contributed by atoms with Crippen molar-refractivity contribution >= 4 is 24.4 Å². The van der Waals surface area contributed by atoms with Crippen LogP contribution in [0.5, 0.6) is 11.5 Å². The van der Waals surface area contributed by atoms with Crippen molar-refractivity contribution in [2.75, 3.05) is 5.32 Å². The summed E-state index contributed by atoms with van der Waals surface area (Å²) in [6.45, 7) is 5.39. The fourth-order valence-corrected chi connectivity index (χ4v) is 1.87. The van der Waals surface area contributed by atoms with Gasteiger partial charge in [0.15, 0.2) is 0 Å². The van der Waals surface area contributed by atoms with Crippen LogP contribution in [0.25, 0.3) is 0 Å². The molecule has 0 saturated carbocycles. The van der Waals surface area contributed by atoms with E-state index in [0.717, 1.165) is 0 Å². The average Bonchev–Trinajstić information content (AvgIpc) is 2.48. The number of ether oxygens (including phenoxy) is 2. The number of anilines is 1. The first kappa shape index (κ1) is 17.8. The highest BCUT2D eigenvalue weighted by Gasteiger charge is 2.16. The van der Waals surface area contributed by atoms with E-state index in [9.17, 15) is 4.79 Å². The number of amides is 1. The van der Waals surface area contributed by atoms with Gasteiger partial charge in [-0.2, -0.15) is 0 Å². The van der Waals surface area contributed by atoms with Gasteiger partial charge in [0.2, 0.25) is 0 Å². The average molecular weight is 329 g/mol. The van der Waals surface area contributed by atoms with E-state index >= 15 is 0 Å². The number of hydrogen-bond donors (Lipinski definition) is 3. The highest BCUT2D eigenvalue weighted by molar-refractivity contribution is 6.58. The van der Waals surface area contributed by atoms with Gasteiger partial charge in [-0.3, -0.25) is 5.32 Å². The largest absolute Gasteiger partial charge is 0.488 e. The minimum absolute atomic E-state index is 0.388. The number of carbonyl (C=O) groups is 1. The Labute approximate surface area is 141 Å². The Bertz CT molecular complexity index is 678. The summed E-state index contributed by atoms with van der Waals surface area (Å²) < 4.78 is 10.8. The van der Waals surface area contributed by atoms with Crippen molar-refractivity contribution in [2.24, 2.45) is 0 Å². The molecule has 0 aliphatic carbocycles. The summed E-state index contributed by atoms with van der Waals surface area (Å²) in [5, 5.41) is 20.7. The van der Waals surface area contributed by atoms with Crippen LogP contribution >= 0.6 is 0 Å². The van der Waals surface area contributed by atoms with Crippen LogP contribution in [0.2, 0.25) is 0 Å². The summed E-state index contributed by atoms with van der Waals surface area (Å²) in [6.07, 6.45) is -0.519. The van der Waals surface area contributed by atoms with E-state index in [2.05, 4.69) is 5.32 Å².